The van der Waals surface area contributed by atoms with Gasteiger partial charge in [-0.2, -0.15) is 0 Å². The molecular formula is C31H42. The van der Waals surface area contributed by atoms with Gasteiger partial charge in [0.25, 0.3) is 0 Å². The Morgan fingerprint density at radius 1 is 0.677 bits per heavy atom. The van der Waals surface area contributed by atoms with Gasteiger partial charge >= 0.3 is 0 Å². The number of aryl methyl sites for hydroxylation is 1. The minimum atomic E-state index is 1.15. The van der Waals surface area contributed by atoms with Gasteiger partial charge < -0.3 is 0 Å². The third kappa shape index (κ3) is 11.8. The van der Waals surface area contributed by atoms with E-state index in [0.29, 0.717) is 0 Å². The Morgan fingerprint density at radius 2 is 1.16 bits per heavy atom. The lowest BCUT2D eigenvalue weighted by molar-refractivity contribution is 0.960. The highest BCUT2D eigenvalue weighted by Crippen LogP contribution is 2.18. The summed E-state index contributed by atoms with van der Waals surface area (Å²) in [4.78, 5) is 0. The molecule has 0 spiro atoms. The molecule has 0 atom stereocenters. The summed E-state index contributed by atoms with van der Waals surface area (Å²) in [6, 6.07) is 29.5. The van der Waals surface area contributed by atoms with Crippen molar-refractivity contribution in [3.8, 4) is 11.1 Å². The zero-order valence-electron chi connectivity index (χ0n) is 20.7. The summed E-state index contributed by atoms with van der Waals surface area (Å²) in [5.41, 5.74) is 6.50. The van der Waals surface area contributed by atoms with Gasteiger partial charge in [0.1, 0.15) is 0 Å². The SMILES string of the molecule is C/C=C\C(=C/CCC)c1ccccc1.CC.CC.Cc1ccc(-c2ccccc2)cc1. The van der Waals surface area contributed by atoms with Crippen molar-refractivity contribution < 1.29 is 0 Å². The lowest BCUT2D eigenvalue weighted by atomic mass is 10.0. The van der Waals surface area contributed by atoms with Gasteiger partial charge in [0.15, 0.2) is 0 Å². The monoisotopic (exact) mass is 414 g/mol. The normalized spacial score (nSPS) is 10.1. The third-order valence-electron chi connectivity index (χ3n) is 4.26. The first-order chi connectivity index (χ1) is 15.2. The number of benzene rings is 3. The molecule has 0 heterocycles. The Hall–Kier alpha value is -2.86. The third-order valence-corrected chi connectivity index (χ3v) is 4.26. The molecule has 3 aromatic carbocycles. The Balaban J connectivity index is 0.000000501. The molecule has 3 aromatic rings. The van der Waals surface area contributed by atoms with E-state index in [-0.39, 0.29) is 0 Å². The average molecular weight is 415 g/mol. The first-order valence-corrected chi connectivity index (χ1v) is 11.7. The molecule has 0 radical (unpaired) electrons. The van der Waals surface area contributed by atoms with Crippen LogP contribution >= 0.6 is 0 Å². The van der Waals surface area contributed by atoms with E-state index < -0.39 is 0 Å². The predicted octanol–water partition coefficient (Wildman–Crippen LogP) is 10.2. The summed E-state index contributed by atoms with van der Waals surface area (Å²) in [5, 5.41) is 0. The number of unbranched alkanes of at least 4 members (excludes halogenated alkanes) is 1. The predicted molar refractivity (Wildman–Crippen MR) is 143 cm³/mol. The molecule has 0 aliphatic heterocycles. The van der Waals surface area contributed by atoms with Crippen molar-refractivity contribution in [1.29, 1.82) is 0 Å². The van der Waals surface area contributed by atoms with Crippen molar-refractivity contribution in [2.45, 2.75) is 61.3 Å². The molecule has 0 aromatic heterocycles. The fraction of sp³-hybridized carbons (Fsp3) is 0.290. The van der Waals surface area contributed by atoms with Gasteiger partial charge in [0, 0.05) is 0 Å². The molecule has 0 nitrogen and oxygen atoms in total. The molecule has 0 bridgehead atoms. The summed E-state index contributed by atoms with van der Waals surface area (Å²) in [7, 11) is 0. The van der Waals surface area contributed by atoms with Crippen LogP contribution in [0.4, 0.5) is 0 Å². The van der Waals surface area contributed by atoms with Crippen molar-refractivity contribution in [2.75, 3.05) is 0 Å². The van der Waals surface area contributed by atoms with Crippen LogP contribution in [-0.2, 0) is 0 Å². The maximum Gasteiger partial charge on any atom is -0.0184 e. The molecule has 3 rings (SSSR count). The first-order valence-electron chi connectivity index (χ1n) is 11.7. The van der Waals surface area contributed by atoms with Gasteiger partial charge in [-0.05, 0) is 42.5 Å². The van der Waals surface area contributed by atoms with Gasteiger partial charge in [0.05, 0.1) is 0 Å². The van der Waals surface area contributed by atoms with E-state index in [1.165, 1.54) is 34.2 Å². The van der Waals surface area contributed by atoms with E-state index in [4.69, 9.17) is 0 Å². The second kappa shape index (κ2) is 19.1. The van der Waals surface area contributed by atoms with E-state index in [9.17, 15) is 0 Å². The standard InChI is InChI=1S/C14H18.C13H12.2C2H6/c1-3-5-10-13(9-4-2)14-11-7-6-8-12-14;1-11-7-9-13(10-8-11)12-5-3-2-4-6-12;2*1-2/h4,6-12H,3,5H2,1-2H3;2-10H,1H3;2*1-2H3/b9-4-,13-10+;;;. The Labute approximate surface area is 192 Å². The van der Waals surface area contributed by atoms with E-state index in [1.54, 1.807) is 0 Å². The lowest BCUT2D eigenvalue weighted by Crippen LogP contribution is -1.80. The Morgan fingerprint density at radius 3 is 1.65 bits per heavy atom. The fourth-order valence-electron chi connectivity index (χ4n) is 2.77. The zero-order valence-corrected chi connectivity index (χ0v) is 20.7. The van der Waals surface area contributed by atoms with Crippen molar-refractivity contribution in [3.63, 3.8) is 0 Å². The van der Waals surface area contributed by atoms with E-state index in [1.807, 2.05) is 33.8 Å². The van der Waals surface area contributed by atoms with Crippen LogP contribution in [0.25, 0.3) is 16.7 Å². The largest absolute Gasteiger partial charge is 0.0871 e. The lowest BCUT2D eigenvalue weighted by Gasteiger charge is -2.01. The molecule has 0 fully saturated rings. The molecule has 166 valence electrons. The van der Waals surface area contributed by atoms with E-state index in [2.05, 4.69) is 118 Å². The number of hydrogen-bond donors (Lipinski definition) is 0. The summed E-state index contributed by atoms with van der Waals surface area (Å²) < 4.78 is 0. The molecule has 0 aliphatic carbocycles. The van der Waals surface area contributed by atoms with Gasteiger partial charge in [-0.1, -0.05) is 150 Å². The van der Waals surface area contributed by atoms with Crippen LogP contribution in [0.3, 0.4) is 0 Å². The summed E-state index contributed by atoms with van der Waals surface area (Å²) >= 11 is 0. The van der Waals surface area contributed by atoms with Crippen LogP contribution in [0.5, 0.6) is 0 Å². The molecule has 0 heteroatoms. The molecule has 0 N–H and O–H groups in total. The number of rotatable bonds is 5. The highest BCUT2D eigenvalue weighted by molar-refractivity contribution is 5.73. The number of hydrogen-bond acceptors (Lipinski definition) is 0. The molecule has 0 saturated carbocycles. The van der Waals surface area contributed by atoms with Gasteiger partial charge in [-0.25, -0.2) is 0 Å². The van der Waals surface area contributed by atoms with E-state index >= 15 is 0 Å². The average Bonchev–Trinajstić information content (AvgIpc) is 2.86. The molecule has 0 saturated heterocycles. The highest BCUT2D eigenvalue weighted by Gasteiger charge is 1.95. The topological polar surface area (TPSA) is 0 Å². The second-order valence-corrected chi connectivity index (χ2v) is 6.55. The first kappa shape index (κ1) is 28.1. The fourth-order valence-corrected chi connectivity index (χ4v) is 2.77. The Bertz CT molecular complexity index is 822. The van der Waals surface area contributed by atoms with Crippen LogP contribution in [0.2, 0.25) is 0 Å². The quantitative estimate of drug-likeness (QED) is 0.364. The van der Waals surface area contributed by atoms with Crippen molar-refractivity contribution in [2.24, 2.45) is 0 Å². The van der Waals surface area contributed by atoms with Crippen LogP contribution in [0.1, 0.15) is 65.5 Å². The van der Waals surface area contributed by atoms with Crippen LogP contribution in [-0.4, -0.2) is 0 Å². The Kier molecular flexibility index (Phi) is 17.4. The molecule has 0 amide bonds. The highest BCUT2D eigenvalue weighted by atomic mass is 14.0. The number of allylic oxidation sites excluding steroid dienone is 4. The van der Waals surface area contributed by atoms with Gasteiger partial charge in [-0.15, -0.1) is 0 Å². The van der Waals surface area contributed by atoms with Crippen LogP contribution in [0, 0.1) is 6.92 Å². The summed E-state index contributed by atoms with van der Waals surface area (Å²) in [5.74, 6) is 0. The van der Waals surface area contributed by atoms with Crippen LogP contribution < -0.4 is 0 Å². The van der Waals surface area contributed by atoms with Crippen molar-refractivity contribution in [3.05, 3.63) is 114 Å². The maximum atomic E-state index is 2.30. The minimum Gasteiger partial charge on any atom is -0.0871 e. The van der Waals surface area contributed by atoms with Gasteiger partial charge in [0.2, 0.25) is 0 Å². The smallest absolute Gasteiger partial charge is 0.0184 e. The molecular weight excluding hydrogens is 372 g/mol. The van der Waals surface area contributed by atoms with Crippen molar-refractivity contribution >= 4 is 5.57 Å². The van der Waals surface area contributed by atoms with Gasteiger partial charge in [-0.3, -0.25) is 0 Å². The minimum absolute atomic E-state index is 1.15. The second-order valence-electron chi connectivity index (χ2n) is 6.55. The zero-order chi connectivity index (χ0) is 23.3. The van der Waals surface area contributed by atoms with E-state index in [0.717, 1.165) is 6.42 Å². The van der Waals surface area contributed by atoms with Crippen molar-refractivity contribution in [1.82, 2.24) is 0 Å². The molecule has 0 aliphatic rings. The van der Waals surface area contributed by atoms with Crippen LogP contribution in [0.15, 0.2) is 103 Å². The summed E-state index contributed by atoms with van der Waals surface area (Å²) in [6.07, 6.45) is 8.91. The maximum absolute atomic E-state index is 2.30. The summed E-state index contributed by atoms with van der Waals surface area (Å²) in [6.45, 7) is 14.4. The molecule has 31 heavy (non-hydrogen) atoms. The molecule has 0 unspecified atom stereocenters.